The Labute approximate surface area is 126 Å². The molecule has 3 rings (SSSR count). The fourth-order valence-electron chi connectivity index (χ4n) is 2.11. The number of aromatic nitrogens is 1. The summed E-state index contributed by atoms with van der Waals surface area (Å²) < 4.78 is 43.5. The van der Waals surface area contributed by atoms with Gasteiger partial charge in [-0.25, -0.2) is 0 Å². The minimum atomic E-state index is -4.69. The molecule has 0 saturated carbocycles. The molecule has 1 aromatic carbocycles. The number of hydrogen-bond acceptors (Lipinski definition) is 1. The summed E-state index contributed by atoms with van der Waals surface area (Å²) in [6.07, 6.45) is -0.948. The lowest BCUT2D eigenvalue weighted by Gasteiger charge is -2.09. The van der Waals surface area contributed by atoms with E-state index in [2.05, 4.69) is 20.7 Å². The monoisotopic (exact) mass is 355 g/mol. The smallest absolute Gasteiger partial charge is 0.406 e. The molecule has 0 aliphatic rings. The Morgan fingerprint density at radius 3 is 2.52 bits per heavy atom. The van der Waals surface area contributed by atoms with Gasteiger partial charge in [-0.15, -0.1) is 13.2 Å². The van der Waals surface area contributed by atoms with E-state index in [0.29, 0.717) is 5.56 Å². The fourth-order valence-corrected chi connectivity index (χ4v) is 2.47. The van der Waals surface area contributed by atoms with Crippen LogP contribution in [0.4, 0.5) is 13.2 Å². The highest BCUT2D eigenvalue weighted by Gasteiger charge is 2.31. The maximum absolute atomic E-state index is 12.3. The van der Waals surface area contributed by atoms with E-state index < -0.39 is 6.36 Å². The summed E-state index contributed by atoms with van der Waals surface area (Å²) in [6, 6.07) is 11.7. The van der Waals surface area contributed by atoms with E-state index in [1.54, 1.807) is 6.07 Å². The molecule has 0 amide bonds. The molecule has 21 heavy (non-hydrogen) atoms. The standard InChI is InChI=1S/C15H9BrF3NO/c16-12-4-5-13-6-11(8-20(13)9-12)10-2-1-3-14(7-10)21-15(17,18)19/h1-9H. The van der Waals surface area contributed by atoms with Crippen molar-refractivity contribution in [2.24, 2.45) is 0 Å². The van der Waals surface area contributed by atoms with Crippen LogP contribution in [0.2, 0.25) is 0 Å². The molecule has 0 fully saturated rings. The van der Waals surface area contributed by atoms with E-state index >= 15 is 0 Å². The molecule has 0 bridgehead atoms. The van der Waals surface area contributed by atoms with Crippen LogP contribution in [0.25, 0.3) is 16.6 Å². The van der Waals surface area contributed by atoms with Crippen molar-refractivity contribution in [1.82, 2.24) is 4.40 Å². The molecule has 108 valence electrons. The molecule has 6 heteroatoms. The van der Waals surface area contributed by atoms with Gasteiger partial charge in [0.15, 0.2) is 0 Å². The summed E-state index contributed by atoms with van der Waals surface area (Å²) in [5, 5.41) is 0. The number of nitrogens with zero attached hydrogens (tertiary/aromatic N) is 1. The molecule has 0 saturated heterocycles. The molecule has 3 aromatic rings. The van der Waals surface area contributed by atoms with Gasteiger partial charge in [-0.2, -0.15) is 0 Å². The lowest BCUT2D eigenvalue weighted by molar-refractivity contribution is -0.274. The third kappa shape index (κ3) is 3.21. The topological polar surface area (TPSA) is 13.6 Å². The molecule has 2 nitrogen and oxygen atoms in total. The van der Waals surface area contributed by atoms with Gasteiger partial charge < -0.3 is 9.14 Å². The van der Waals surface area contributed by atoms with Crippen molar-refractivity contribution in [3.8, 4) is 16.9 Å². The van der Waals surface area contributed by atoms with Gasteiger partial charge in [-0.1, -0.05) is 12.1 Å². The van der Waals surface area contributed by atoms with Crippen molar-refractivity contribution in [2.45, 2.75) is 6.36 Å². The summed E-state index contributed by atoms with van der Waals surface area (Å²) in [4.78, 5) is 0. The predicted octanol–water partition coefficient (Wildman–Crippen LogP) is 5.27. The van der Waals surface area contributed by atoms with Crippen LogP contribution in [-0.2, 0) is 0 Å². The number of alkyl halides is 3. The molecular formula is C15H9BrF3NO. The number of hydrogen-bond donors (Lipinski definition) is 0. The number of benzene rings is 1. The second kappa shape index (κ2) is 5.11. The summed E-state index contributed by atoms with van der Waals surface area (Å²) >= 11 is 3.38. The molecule has 0 spiro atoms. The van der Waals surface area contributed by atoms with E-state index in [0.717, 1.165) is 15.6 Å². The zero-order chi connectivity index (χ0) is 15.0. The average molecular weight is 356 g/mol. The Hall–Kier alpha value is -1.95. The highest BCUT2D eigenvalue weighted by atomic mass is 79.9. The average Bonchev–Trinajstić information content (AvgIpc) is 2.80. The van der Waals surface area contributed by atoms with Gasteiger partial charge in [0.25, 0.3) is 0 Å². The van der Waals surface area contributed by atoms with Crippen LogP contribution in [0, 0.1) is 0 Å². The van der Waals surface area contributed by atoms with Crippen LogP contribution in [0.15, 0.2) is 59.3 Å². The minimum Gasteiger partial charge on any atom is -0.406 e. The van der Waals surface area contributed by atoms with Crippen molar-refractivity contribution < 1.29 is 17.9 Å². The van der Waals surface area contributed by atoms with Crippen LogP contribution in [0.5, 0.6) is 5.75 Å². The first-order valence-electron chi connectivity index (χ1n) is 6.04. The zero-order valence-corrected chi connectivity index (χ0v) is 12.1. The highest BCUT2D eigenvalue weighted by molar-refractivity contribution is 9.10. The number of halogens is 4. The lowest BCUT2D eigenvalue weighted by atomic mass is 10.1. The minimum absolute atomic E-state index is 0.226. The Morgan fingerprint density at radius 2 is 1.76 bits per heavy atom. The zero-order valence-electron chi connectivity index (χ0n) is 10.6. The third-order valence-corrected chi connectivity index (χ3v) is 3.43. The van der Waals surface area contributed by atoms with E-state index in [9.17, 15) is 13.2 Å². The van der Waals surface area contributed by atoms with E-state index in [4.69, 9.17) is 0 Å². The number of fused-ring (bicyclic) bond motifs is 1. The van der Waals surface area contributed by atoms with Crippen LogP contribution < -0.4 is 4.74 Å². The molecule has 0 atom stereocenters. The first-order valence-corrected chi connectivity index (χ1v) is 6.83. The van der Waals surface area contributed by atoms with E-state index in [1.165, 1.54) is 18.2 Å². The van der Waals surface area contributed by atoms with Crippen molar-refractivity contribution in [2.75, 3.05) is 0 Å². The highest BCUT2D eigenvalue weighted by Crippen LogP contribution is 2.29. The van der Waals surface area contributed by atoms with Gasteiger partial charge in [0, 0.05) is 27.9 Å². The van der Waals surface area contributed by atoms with E-state index in [1.807, 2.05) is 35.0 Å². The third-order valence-electron chi connectivity index (χ3n) is 2.96. The van der Waals surface area contributed by atoms with Gasteiger partial charge in [-0.05, 0) is 51.8 Å². The van der Waals surface area contributed by atoms with Gasteiger partial charge >= 0.3 is 6.36 Å². The Balaban J connectivity index is 2.00. The van der Waals surface area contributed by atoms with Crippen molar-refractivity contribution in [1.29, 1.82) is 0 Å². The molecular weight excluding hydrogens is 347 g/mol. The molecule has 0 aliphatic carbocycles. The van der Waals surface area contributed by atoms with E-state index in [-0.39, 0.29) is 5.75 Å². The normalized spacial score (nSPS) is 11.8. The second-order valence-electron chi connectivity index (χ2n) is 4.48. The molecule has 2 aromatic heterocycles. The fraction of sp³-hybridized carbons (Fsp3) is 0.0667. The van der Waals surface area contributed by atoms with Crippen molar-refractivity contribution in [3.63, 3.8) is 0 Å². The van der Waals surface area contributed by atoms with Crippen molar-refractivity contribution >= 4 is 21.4 Å². The van der Waals surface area contributed by atoms with Crippen LogP contribution in [0.3, 0.4) is 0 Å². The first kappa shape index (κ1) is 14.0. The molecule has 0 N–H and O–H groups in total. The number of pyridine rings is 1. The molecule has 0 aliphatic heterocycles. The number of ether oxygens (including phenoxy) is 1. The summed E-state index contributed by atoms with van der Waals surface area (Å²) in [7, 11) is 0. The van der Waals surface area contributed by atoms with Crippen molar-refractivity contribution in [3.05, 3.63) is 59.3 Å². The van der Waals surface area contributed by atoms with Gasteiger partial charge in [0.2, 0.25) is 0 Å². The van der Waals surface area contributed by atoms with Gasteiger partial charge in [-0.3, -0.25) is 0 Å². The van der Waals surface area contributed by atoms with Crippen LogP contribution in [-0.4, -0.2) is 10.8 Å². The Morgan fingerprint density at radius 1 is 0.952 bits per heavy atom. The summed E-state index contributed by atoms with van der Waals surface area (Å²) in [5.74, 6) is -0.226. The van der Waals surface area contributed by atoms with Gasteiger partial charge in [0.05, 0.1) is 0 Å². The molecule has 2 heterocycles. The predicted molar refractivity (Wildman–Crippen MR) is 77.2 cm³/mol. The SMILES string of the molecule is FC(F)(F)Oc1cccc(-c2cc3ccc(Br)cn3c2)c1. The molecule has 0 unspecified atom stereocenters. The largest absolute Gasteiger partial charge is 0.573 e. The summed E-state index contributed by atoms with van der Waals surface area (Å²) in [6.45, 7) is 0. The maximum Gasteiger partial charge on any atom is 0.573 e. The molecule has 0 radical (unpaired) electrons. The quantitative estimate of drug-likeness (QED) is 0.610. The lowest BCUT2D eigenvalue weighted by Crippen LogP contribution is -2.17. The Kier molecular flexibility index (Phi) is 3.41. The van der Waals surface area contributed by atoms with Crippen LogP contribution in [0.1, 0.15) is 0 Å². The number of rotatable bonds is 2. The Bertz CT molecular complexity index is 795. The summed E-state index contributed by atoms with van der Waals surface area (Å²) in [5.41, 5.74) is 2.44. The van der Waals surface area contributed by atoms with Gasteiger partial charge in [0.1, 0.15) is 5.75 Å². The maximum atomic E-state index is 12.3. The second-order valence-corrected chi connectivity index (χ2v) is 5.40. The first-order chi connectivity index (χ1) is 9.90. The van der Waals surface area contributed by atoms with Crippen LogP contribution >= 0.6 is 15.9 Å².